The molecule has 1 aromatic heterocycles. The highest BCUT2D eigenvalue weighted by Gasteiger charge is 2.48. The molecule has 3 heterocycles. The van der Waals surface area contributed by atoms with Crippen molar-refractivity contribution in [2.24, 2.45) is 5.41 Å². The van der Waals surface area contributed by atoms with Gasteiger partial charge in [0.15, 0.2) is 0 Å². The largest absolute Gasteiger partial charge is 0.356 e. The molecule has 2 aliphatic rings. The fourth-order valence-electron chi connectivity index (χ4n) is 3.75. The van der Waals surface area contributed by atoms with Crippen molar-refractivity contribution < 1.29 is 9.59 Å². The van der Waals surface area contributed by atoms with Crippen LogP contribution >= 0.6 is 0 Å². The third kappa shape index (κ3) is 2.28. The van der Waals surface area contributed by atoms with Gasteiger partial charge in [0.1, 0.15) is 0 Å². The highest BCUT2D eigenvalue weighted by Crippen LogP contribution is 2.37. The molecule has 2 aromatic rings. The lowest BCUT2D eigenvalue weighted by Gasteiger charge is -2.21. The number of hydrogen-bond acceptors (Lipinski definition) is 4. The topological polar surface area (TPSA) is 95.2 Å². The summed E-state index contributed by atoms with van der Waals surface area (Å²) >= 11 is 0. The summed E-state index contributed by atoms with van der Waals surface area (Å²) < 4.78 is 0. The highest BCUT2D eigenvalue weighted by atomic mass is 16.2. The molecule has 0 aliphatic carbocycles. The number of likely N-dealkylation sites (tertiary alicyclic amines) is 1. The fourth-order valence-corrected chi connectivity index (χ4v) is 3.75. The Morgan fingerprint density at radius 3 is 2.75 bits per heavy atom. The van der Waals surface area contributed by atoms with E-state index in [-0.39, 0.29) is 23.8 Å². The summed E-state index contributed by atoms with van der Waals surface area (Å²) in [6.07, 6.45) is 1.62. The van der Waals surface area contributed by atoms with Crippen molar-refractivity contribution in [1.29, 1.82) is 0 Å². The Morgan fingerprint density at radius 1 is 1.21 bits per heavy atom. The minimum Gasteiger partial charge on any atom is -0.356 e. The van der Waals surface area contributed by atoms with E-state index in [2.05, 4.69) is 15.5 Å². The number of carbonyl (C=O) groups is 2. The number of carbonyl (C=O) groups excluding carboxylic acids is 2. The van der Waals surface area contributed by atoms with Crippen LogP contribution in [0.25, 0.3) is 10.8 Å². The average Bonchev–Trinajstić information content (AvgIpc) is 3.18. The third-order valence-electron chi connectivity index (χ3n) is 5.17. The monoisotopic (exact) mass is 326 g/mol. The minimum atomic E-state index is -0.407. The first kappa shape index (κ1) is 14.9. The number of H-pyrrole nitrogens is 1. The maximum atomic E-state index is 12.7. The molecule has 0 saturated carbocycles. The van der Waals surface area contributed by atoms with Crippen LogP contribution in [0.2, 0.25) is 0 Å². The van der Waals surface area contributed by atoms with Gasteiger partial charge < -0.3 is 10.2 Å². The maximum absolute atomic E-state index is 12.7. The first-order valence-electron chi connectivity index (χ1n) is 8.11. The molecule has 1 atom stereocenters. The summed E-state index contributed by atoms with van der Waals surface area (Å²) in [5.41, 5.74) is -0.104. The fraction of sp³-hybridized carbons (Fsp3) is 0.412. The van der Waals surface area contributed by atoms with Crippen molar-refractivity contribution >= 4 is 22.6 Å². The molecule has 2 N–H and O–H groups in total. The number of aromatic nitrogens is 2. The number of amides is 2. The molecule has 4 rings (SSSR count). The van der Waals surface area contributed by atoms with Crippen molar-refractivity contribution in [3.05, 3.63) is 40.3 Å². The third-order valence-corrected chi connectivity index (χ3v) is 5.17. The van der Waals surface area contributed by atoms with Gasteiger partial charge in [-0.1, -0.05) is 18.2 Å². The summed E-state index contributed by atoms with van der Waals surface area (Å²) in [7, 11) is 0. The first-order valence-corrected chi connectivity index (χ1v) is 8.11. The Kier molecular flexibility index (Phi) is 3.37. The van der Waals surface area contributed by atoms with E-state index >= 15 is 0 Å². The normalized spacial score (nSPS) is 23.2. The molecule has 7 heteroatoms. The average molecular weight is 326 g/mol. The van der Waals surface area contributed by atoms with Crippen molar-refractivity contribution in [3.63, 3.8) is 0 Å². The number of nitrogens with one attached hydrogen (secondary N) is 2. The summed E-state index contributed by atoms with van der Waals surface area (Å²) in [4.78, 5) is 38.3. The lowest BCUT2D eigenvalue weighted by atomic mass is 9.86. The Bertz CT molecular complexity index is 891. The molecule has 0 radical (unpaired) electrons. The van der Waals surface area contributed by atoms with E-state index in [9.17, 15) is 14.4 Å². The summed E-state index contributed by atoms with van der Waals surface area (Å²) in [6, 6.07) is 7.13. The van der Waals surface area contributed by atoms with Gasteiger partial charge in [-0.15, -0.1) is 0 Å². The standard InChI is InChI=1S/C17H18N4O3/c22-14(21-8-6-17(10-21)5-7-18-16(17)24)9-13-11-3-1-2-4-12(11)15(23)20-19-13/h1-4H,5-10H2,(H,18,24)(H,20,23). The van der Waals surface area contributed by atoms with E-state index in [0.717, 1.165) is 6.42 Å². The van der Waals surface area contributed by atoms with E-state index in [1.807, 2.05) is 6.07 Å². The Labute approximate surface area is 138 Å². The molecule has 124 valence electrons. The van der Waals surface area contributed by atoms with Gasteiger partial charge in [0.05, 0.1) is 22.9 Å². The van der Waals surface area contributed by atoms with Gasteiger partial charge in [0, 0.05) is 25.0 Å². The molecule has 2 aliphatic heterocycles. The van der Waals surface area contributed by atoms with Crippen molar-refractivity contribution in [3.8, 4) is 0 Å². The van der Waals surface area contributed by atoms with Crippen LogP contribution in [0.5, 0.6) is 0 Å². The van der Waals surface area contributed by atoms with E-state index in [4.69, 9.17) is 0 Å². The van der Waals surface area contributed by atoms with E-state index in [0.29, 0.717) is 42.5 Å². The van der Waals surface area contributed by atoms with Crippen molar-refractivity contribution in [2.45, 2.75) is 19.3 Å². The maximum Gasteiger partial charge on any atom is 0.272 e. The zero-order valence-corrected chi connectivity index (χ0v) is 13.2. The zero-order valence-electron chi connectivity index (χ0n) is 13.2. The molecule has 1 aromatic carbocycles. The summed E-state index contributed by atoms with van der Waals surface area (Å²) in [5, 5.41) is 10.6. The quantitative estimate of drug-likeness (QED) is 0.824. The number of fused-ring (bicyclic) bond motifs is 1. The molecule has 24 heavy (non-hydrogen) atoms. The van der Waals surface area contributed by atoms with Gasteiger partial charge in [-0.3, -0.25) is 14.4 Å². The van der Waals surface area contributed by atoms with Crippen molar-refractivity contribution in [2.75, 3.05) is 19.6 Å². The Balaban J connectivity index is 1.56. The number of rotatable bonds is 2. The smallest absolute Gasteiger partial charge is 0.272 e. The molecular weight excluding hydrogens is 308 g/mol. The molecule has 0 bridgehead atoms. The molecule has 1 spiro atoms. The van der Waals surface area contributed by atoms with Crippen LogP contribution in [0.4, 0.5) is 0 Å². The minimum absolute atomic E-state index is 0.0590. The van der Waals surface area contributed by atoms with Crippen LogP contribution in [-0.4, -0.2) is 46.5 Å². The number of nitrogens with zero attached hydrogens (tertiary/aromatic N) is 2. The predicted octanol–water partition coefficient (Wildman–Crippen LogP) is 0.204. The van der Waals surface area contributed by atoms with E-state index < -0.39 is 5.41 Å². The van der Waals surface area contributed by atoms with Gasteiger partial charge >= 0.3 is 0 Å². The van der Waals surface area contributed by atoms with Crippen LogP contribution in [0.15, 0.2) is 29.1 Å². The lowest BCUT2D eigenvalue weighted by Crippen LogP contribution is -2.37. The van der Waals surface area contributed by atoms with Crippen molar-refractivity contribution in [1.82, 2.24) is 20.4 Å². The van der Waals surface area contributed by atoms with Gasteiger partial charge in [-0.2, -0.15) is 5.10 Å². The van der Waals surface area contributed by atoms with Gasteiger partial charge in [0.2, 0.25) is 11.8 Å². The molecule has 1 unspecified atom stereocenters. The molecule has 2 fully saturated rings. The van der Waals surface area contributed by atoms with E-state index in [1.54, 1.807) is 23.1 Å². The number of aromatic amines is 1. The lowest BCUT2D eigenvalue weighted by molar-refractivity contribution is -0.131. The molecular formula is C17H18N4O3. The van der Waals surface area contributed by atoms with Gasteiger partial charge in [-0.05, 0) is 18.9 Å². The molecule has 2 saturated heterocycles. The second-order valence-electron chi connectivity index (χ2n) is 6.57. The van der Waals surface area contributed by atoms with Gasteiger partial charge in [-0.25, -0.2) is 5.10 Å². The second kappa shape index (κ2) is 5.43. The SMILES string of the molecule is O=C(Cc1n[nH]c(=O)c2ccccc12)N1CCC2(CCNC2=O)C1. The highest BCUT2D eigenvalue weighted by molar-refractivity contribution is 5.90. The van der Waals surface area contributed by atoms with Crippen LogP contribution < -0.4 is 10.9 Å². The van der Waals surface area contributed by atoms with Crippen LogP contribution in [0.3, 0.4) is 0 Å². The Morgan fingerprint density at radius 2 is 2.00 bits per heavy atom. The van der Waals surface area contributed by atoms with Gasteiger partial charge in [0.25, 0.3) is 5.56 Å². The Hall–Kier alpha value is -2.70. The van der Waals surface area contributed by atoms with Crippen LogP contribution in [0, 0.1) is 5.41 Å². The van der Waals surface area contributed by atoms with Crippen LogP contribution in [0.1, 0.15) is 18.5 Å². The second-order valence-corrected chi connectivity index (χ2v) is 6.57. The summed E-state index contributed by atoms with van der Waals surface area (Å²) in [5.74, 6) is 0.00157. The molecule has 7 nitrogen and oxygen atoms in total. The van der Waals surface area contributed by atoms with Crippen LogP contribution in [-0.2, 0) is 16.0 Å². The number of benzene rings is 1. The molecule has 2 amide bonds. The first-order chi connectivity index (χ1) is 11.6. The predicted molar refractivity (Wildman–Crippen MR) is 87.3 cm³/mol. The van der Waals surface area contributed by atoms with E-state index in [1.165, 1.54) is 0 Å². The zero-order chi connectivity index (χ0) is 16.7. The number of hydrogen-bond donors (Lipinski definition) is 2. The summed E-state index contributed by atoms with van der Waals surface area (Å²) in [6.45, 7) is 1.75.